The van der Waals surface area contributed by atoms with Crippen molar-refractivity contribution >= 4 is 26.5 Å². The van der Waals surface area contributed by atoms with Gasteiger partial charge in [0.05, 0.1) is 0 Å². The zero-order valence-electron chi connectivity index (χ0n) is 10.8. The van der Waals surface area contributed by atoms with E-state index in [1.54, 1.807) is 0 Å². The van der Waals surface area contributed by atoms with Gasteiger partial charge in [-0.1, -0.05) is 0 Å². The lowest BCUT2D eigenvalue weighted by molar-refractivity contribution is -0.0502. The molecule has 0 fully saturated rings. The lowest BCUT2D eigenvalue weighted by Gasteiger charge is -2.12. The Morgan fingerprint density at radius 2 is 1.08 bits per heavy atom. The molecule has 136 valence electrons. The van der Waals surface area contributed by atoms with Gasteiger partial charge in [0, 0.05) is 11.6 Å². The smallest absolute Gasteiger partial charge is 0.376 e. The van der Waals surface area contributed by atoms with Crippen molar-refractivity contribution in [2.45, 2.75) is 11.0 Å². The van der Waals surface area contributed by atoms with Crippen LogP contribution in [0, 0.1) is 0 Å². The molecule has 0 aromatic heterocycles. The lowest BCUT2D eigenvalue weighted by Crippen LogP contribution is -2.29. The zero-order chi connectivity index (χ0) is 19.0. The zero-order valence-corrected chi connectivity index (χ0v) is 12.4. The van der Waals surface area contributed by atoms with Crippen LogP contribution in [0.25, 0.3) is 0 Å². The Kier molecular flexibility index (Phi) is 5.10. The fraction of sp³-hybridized carbons (Fsp3) is 0.222. The van der Waals surface area contributed by atoms with E-state index in [0.29, 0.717) is 12.1 Å². The Labute approximate surface area is 130 Å². The van der Waals surface area contributed by atoms with Crippen LogP contribution in [0.15, 0.2) is 18.2 Å². The predicted octanol–water partition coefficient (Wildman–Crippen LogP) is 1.96. The monoisotopic (exact) mass is 402 g/mol. The van der Waals surface area contributed by atoms with Gasteiger partial charge in [-0.2, -0.15) is 43.2 Å². The molecule has 0 aliphatic rings. The van der Waals surface area contributed by atoms with E-state index in [2.05, 4.69) is 8.37 Å². The third kappa shape index (κ3) is 4.50. The van der Waals surface area contributed by atoms with Crippen LogP contribution in [0.4, 0.5) is 26.3 Å². The molecule has 0 atom stereocenters. The first-order valence-corrected chi connectivity index (χ1v) is 8.02. The highest BCUT2D eigenvalue weighted by atomic mass is 32.2. The SMILES string of the molecule is O=Cc1cc(OS(=O)(=O)C(F)(F)F)cc(OS(=O)(=O)C(F)(F)F)c1. The molecular formula is C9H4F6O7S2. The van der Waals surface area contributed by atoms with Crippen molar-refractivity contribution in [3.8, 4) is 11.5 Å². The number of carbonyl (C=O) groups excluding carboxylic acids is 1. The second-order valence-corrected chi connectivity index (χ2v) is 6.90. The first-order valence-electron chi connectivity index (χ1n) is 5.21. The molecule has 0 amide bonds. The van der Waals surface area contributed by atoms with Crippen molar-refractivity contribution in [2.75, 3.05) is 0 Å². The number of hydrogen-bond acceptors (Lipinski definition) is 7. The van der Waals surface area contributed by atoms with Crippen LogP contribution >= 0.6 is 0 Å². The molecule has 7 nitrogen and oxygen atoms in total. The minimum Gasteiger partial charge on any atom is -0.376 e. The number of alkyl halides is 6. The number of rotatable bonds is 5. The third-order valence-electron chi connectivity index (χ3n) is 2.02. The Morgan fingerprint density at radius 1 is 0.750 bits per heavy atom. The number of hydrogen-bond donors (Lipinski definition) is 0. The predicted molar refractivity (Wildman–Crippen MR) is 63.0 cm³/mol. The van der Waals surface area contributed by atoms with Gasteiger partial charge in [-0.25, -0.2) is 0 Å². The molecule has 24 heavy (non-hydrogen) atoms. The van der Waals surface area contributed by atoms with Crippen LogP contribution in [0.5, 0.6) is 11.5 Å². The molecule has 1 aromatic carbocycles. The molecule has 0 spiro atoms. The highest BCUT2D eigenvalue weighted by Gasteiger charge is 2.49. The fourth-order valence-electron chi connectivity index (χ4n) is 1.11. The van der Waals surface area contributed by atoms with Crippen molar-refractivity contribution in [3.63, 3.8) is 0 Å². The van der Waals surface area contributed by atoms with Gasteiger partial charge in [0.2, 0.25) is 0 Å². The van der Waals surface area contributed by atoms with E-state index in [4.69, 9.17) is 0 Å². The van der Waals surface area contributed by atoms with E-state index in [0.717, 1.165) is 0 Å². The Bertz CT molecular complexity index is 774. The van der Waals surface area contributed by atoms with Gasteiger partial charge in [0.25, 0.3) is 0 Å². The quantitative estimate of drug-likeness (QED) is 0.321. The topological polar surface area (TPSA) is 104 Å². The molecule has 0 aliphatic carbocycles. The van der Waals surface area contributed by atoms with Gasteiger partial charge < -0.3 is 8.37 Å². The second-order valence-electron chi connectivity index (χ2n) is 3.82. The minimum atomic E-state index is -6.21. The summed E-state index contributed by atoms with van der Waals surface area (Å²) in [7, 11) is -12.4. The average Bonchev–Trinajstić information content (AvgIpc) is 2.34. The maximum Gasteiger partial charge on any atom is 0.534 e. The first kappa shape index (κ1) is 20.0. The van der Waals surface area contributed by atoms with E-state index in [-0.39, 0.29) is 12.4 Å². The summed E-state index contributed by atoms with van der Waals surface area (Å²) < 4.78 is 123. The van der Waals surface area contributed by atoms with E-state index in [9.17, 15) is 48.0 Å². The van der Waals surface area contributed by atoms with Gasteiger partial charge in [-0.3, -0.25) is 4.79 Å². The molecular weight excluding hydrogens is 398 g/mol. The summed E-state index contributed by atoms with van der Waals surface area (Å²) >= 11 is 0. The van der Waals surface area contributed by atoms with Crippen LogP contribution < -0.4 is 8.37 Å². The van der Waals surface area contributed by atoms with Crippen LogP contribution in [0.1, 0.15) is 10.4 Å². The molecule has 1 rings (SSSR count). The van der Waals surface area contributed by atoms with Crippen molar-refractivity contribution in [2.24, 2.45) is 0 Å². The lowest BCUT2D eigenvalue weighted by atomic mass is 10.2. The summed E-state index contributed by atoms with van der Waals surface area (Å²) in [6, 6.07) is 0.923. The van der Waals surface area contributed by atoms with Crippen molar-refractivity contribution in [1.82, 2.24) is 0 Å². The molecule has 0 saturated heterocycles. The first-order chi connectivity index (χ1) is 10.6. The molecule has 0 aliphatic heterocycles. The van der Waals surface area contributed by atoms with Gasteiger partial charge in [-0.05, 0) is 12.1 Å². The van der Waals surface area contributed by atoms with E-state index < -0.39 is 48.3 Å². The van der Waals surface area contributed by atoms with Gasteiger partial charge in [0.15, 0.2) is 0 Å². The van der Waals surface area contributed by atoms with Gasteiger partial charge in [-0.15, -0.1) is 0 Å². The van der Waals surface area contributed by atoms with Gasteiger partial charge >= 0.3 is 31.3 Å². The fourth-order valence-corrected chi connectivity index (χ4v) is 1.99. The summed E-state index contributed by atoms with van der Waals surface area (Å²) in [5.41, 5.74) is -12.5. The van der Waals surface area contributed by atoms with E-state index in [1.165, 1.54) is 0 Å². The number of carbonyl (C=O) groups is 1. The van der Waals surface area contributed by atoms with Gasteiger partial charge in [0.1, 0.15) is 17.8 Å². The minimum absolute atomic E-state index is 0.111. The van der Waals surface area contributed by atoms with Crippen molar-refractivity contribution in [3.05, 3.63) is 23.8 Å². The maximum absolute atomic E-state index is 12.2. The molecule has 0 unspecified atom stereocenters. The molecule has 0 saturated carbocycles. The Morgan fingerprint density at radius 3 is 1.33 bits per heavy atom. The Hall–Kier alpha value is -2.03. The normalized spacial score (nSPS) is 13.4. The third-order valence-corrected chi connectivity index (χ3v) is 3.97. The molecule has 0 bridgehead atoms. The molecule has 1 aromatic rings. The largest absolute Gasteiger partial charge is 0.534 e. The van der Waals surface area contributed by atoms with Crippen LogP contribution in [0.2, 0.25) is 0 Å². The number of aldehydes is 1. The second kappa shape index (κ2) is 6.12. The number of benzene rings is 1. The summed E-state index contributed by atoms with van der Waals surface area (Å²) in [5.74, 6) is -2.58. The standard InChI is InChI=1S/C9H4F6O7S2/c10-8(11,12)23(17,18)21-6-1-5(4-16)2-7(3-6)22-24(19,20)9(13,14)15/h1-4H. The highest BCUT2D eigenvalue weighted by molar-refractivity contribution is 7.88. The van der Waals surface area contributed by atoms with Crippen LogP contribution in [0.3, 0.4) is 0 Å². The molecule has 0 N–H and O–H groups in total. The summed E-state index contributed by atoms with van der Waals surface area (Å²) in [6.07, 6.45) is -0.125. The van der Waals surface area contributed by atoms with Crippen molar-refractivity contribution < 1.29 is 56.3 Å². The molecule has 0 heterocycles. The molecule has 0 radical (unpaired) electrons. The number of halogens is 6. The van der Waals surface area contributed by atoms with Crippen LogP contribution in [-0.4, -0.2) is 34.1 Å². The summed E-state index contributed by atoms with van der Waals surface area (Å²) in [4.78, 5) is 10.6. The Balaban J connectivity index is 3.31. The summed E-state index contributed by atoms with van der Waals surface area (Å²) in [6.45, 7) is 0. The summed E-state index contributed by atoms with van der Waals surface area (Å²) in [5, 5.41) is 0. The average molecular weight is 402 g/mol. The maximum atomic E-state index is 12.2. The molecule has 15 heteroatoms. The highest BCUT2D eigenvalue weighted by Crippen LogP contribution is 2.32. The van der Waals surface area contributed by atoms with E-state index >= 15 is 0 Å². The van der Waals surface area contributed by atoms with E-state index in [1.807, 2.05) is 0 Å². The van der Waals surface area contributed by atoms with Crippen molar-refractivity contribution in [1.29, 1.82) is 0 Å². The van der Waals surface area contributed by atoms with Crippen LogP contribution in [-0.2, 0) is 20.2 Å².